The van der Waals surface area contributed by atoms with Crippen molar-refractivity contribution in [1.82, 2.24) is 5.32 Å². The first-order valence-corrected chi connectivity index (χ1v) is 12.1. The number of nitrogens with one attached hydrogen (secondary N) is 1. The number of carbonyl (C=O) groups is 2. The van der Waals surface area contributed by atoms with Gasteiger partial charge in [0, 0.05) is 12.5 Å². The van der Waals surface area contributed by atoms with E-state index in [0.717, 1.165) is 0 Å². The molecule has 0 atom stereocenters. The third kappa shape index (κ3) is 6.40. The molecule has 0 saturated carbocycles. The fourth-order valence-corrected chi connectivity index (χ4v) is 3.63. The Morgan fingerprint density at radius 2 is 0.962 bits per heavy atom. The SMILES string of the molecule is CC(=O)OCNC(=O)c1c(C(F)(F)C(F)(F)C(F)(F)C(F)(F)C(F)(F)C(F)(F)C(F)(F)C(F)(F)C(F)(F)C(F)(F)F)cc(C)c(N=C=O)c1N=C=O. The molecule has 1 aromatic rings. The highest BCUT2D eigenvalue weighted by Gasteiger charge is 2.98. The second-order valence-electron chi connectivity index (χ2n) is 9.67. The van der Waals surface area contributed by atoms with E-state index in [9.17, 15) is 103 Å². The number of halogens is 21. The van der Waals surface area contributed by atoms with Crippen molar-refractivity contribution in [2.45, 2.75) is 73.3 Å². The zero-order valence-electron chi connectivity index (χ0n) is 24.2. The van der Waals surface area contributed by atoms with Crippen LogP contribution in [0, 0.1) is 6.92 Å². The third-order valence-electron chi connectivity index (χ3n) is 6.36. The molecule has 0 heterocycles. The number of ether oxygens (including phenoxy) is 1. The van der Waals surface area contributed by atoms with Crippen molar-refractivity contribution in [2.75, 3.05) is 6.73 Å². The molecule has 1 N–H and O–H groups in total. The lowest BCUT2D eigenvalue weighted by molar-refractivity contribution is -0.474. The number of rotatable bonds is 14. The summed E-state index contributed by atoms with van der Waals surface area (Å²) in [5.74, 6) is -84.0. The average molecular weight is 807 g/mol. The number of carbonyl (C=O) groups excluding carboxylic acids is 4. The molecule has 0 aliphatic heterocycles. The number of hydrogen-bond acceptors (Lipinski definition) is 7. The summed E-state index contributed by atoms with van der Waals surface area (Å²) >= 11 is 0. The quantitative estimate of drug-likeness (QED) is 0.0675. The van der Waals surface area contributed by atoms with E-state index in [1.807, 2.05) is 0 Å². The van der Waals surface area contributed by atoms with Crippen LogP contribution in [0.5, 0.6) is 0 Å². The molecule has 0 fully saturated rings. The summed E-state index contributed by atoms with van der Waals surface area (Å²) < 4.78 is 296. The predicted octanol–water partition coefficient (Wildman–Crippen LogP) is 7.92. The Morgan fingerprint density at radius 3 is 1.31 bits per heavy atom. The van der Waals surface area contributed by atoms with Gasteiger partial charge in [-0.2, -0.15) is 102 Å². The number of benzene rings is 1. The molecule has 0 aliphatic rings. The second-order valence-corrected chi connectivity index (χ2v) is 9.67. The maximum atomic E-state index is 15.3. The smallest absolute Gasteiger partial charge is 0.445 e. The van der Waals surface area contributed by atoms with Gasteiger partial charge in [-0.05, 0) is 18.6 Å². The molecule has 0 saturated heterocycles. The molecule has 29 heteroatoms. The first kappa shape index (κ1) is 45.5. The van der Waals surface area contributed by atoms with Gasteiger partial charge in [0.25, 0.3) is 5.91 Å². The van der Waals surface area contributed by atoms with Gasteiger partial charge in [0.05, 0.1) is 5.56 Å². The Kier molecular flexibility index (Phi) is 11.8. The number of isocyanates is 2. The van der Waals surface area contributed by atoms with Crippen molar-refractivity contribution in [3.05, 3.63) is 22.8 Å². The molecule has 0 aromatic heterocycles. The minimum absolute atomic E-state index is 0.332. The summed E-state index contributed by atoms with van der Waals surface area (Å²) in [5, 5.41) is 1.21. The maximum absolute atomic E-state index is 15.3. The lowest BCUT2D eigenvalue weighted by Gasteiger charge is -2.44. The molecule has 1 rings (SSSR count). The number of hydrogen-bond donors (Lipinski definition) is 1. The minimum atomic E-state index is -9.42. The third-order valence-corrected chi connectivity index (χ3v) is 6.36. The van der Waals surface area contributed by atoms with Crippen LogP contribution < -0.4 is 5.32 Å². The zero-order valence-corrected chi connectivity index (χ0v) is 24.2. The van der Waals surface area contributed by atoms with Crippen LogP contribution in [0.4, 0.5) is 104 Å². The van der Waals surface area contributed by atoms with Crippen molar-refractivity contribution in [3.8, 4) is 0 Å². The van der Waals surface area contributed by atoms with Gasteiger partial charge in [-0.25, -0.2) is 9.59 Å². The number of aliphatic imine (C=N–C) groups is 2. The standard InChI is InChI=1S/C23H10F21N3O5/c1-7-3-9(10(13(51)47-6-52-8(2)50)12(46-5-49)11(7)45-4-48)14(24,25)15(26,27)16(28,29)17(30,31)18(32,33)19(34,35)20(36,37)21(38,39)22(40,41)23(42,43)44/h3H,6H2,1-2H3,(H,47,51). The largest absolute Gasteiger partial charge is 0.460 e. The summed E-state index contributed by atoms with van der Waals surface area (Å²) in [6, 6.07) is -0.705. The van der Waals surface area contributed by atoms with Crippen LogP contribution in [0.3, 0.4) is 0 Å². The summed E-state index contributed by atoms with van der Waals surface area (Å²) in [6.07, 6.45) is -7.12. The molecule has 0 aliphatic carbocycles. The van der Waals surface area contributed by atoms with Crippen LogP contribution in [0.15, 0.2) is 16.1 Å². The minimum Gasteiger partial charge on any atom is -0.445 e. The first-order chi connectivity index (χ1) is 22.9. The van der Waals surface area contributed by atoms with Crippen molar-refractivity contribution in [1.29, 1.82) is 0 Å². The van der Waals surface area contributed by atoms with Crippen LogP contribution in [0.1, 0.15) is 28.4 Å². The van der Waals surface area contributed by atoms with Crippen molar-refractivity contribution < 1.29 is 116 Å². The molecule has 0 bridgehead atoms. The fraction of sp³-hybridized carbons (Fsp3) is 0.565. The Balaban J connectivity index is 4.25. The van der Waals surface area contributed by atoms with Crippen LogP contribution in [-0.2, 0) is 25.0 Å². The number of aryl methyl sites for hydroxylation is 1. The van der Waals surface area contributed by atoms with E-state index >= 15 is 8.78 Å². The van der Waals surface area contributed by atoms with Crippen LogP contribution >= 0.6 is 0 Å². The lowest BCUT2D eigenvalue weighted by atomic mass is 9.83. The van der Waals surface area contributed by atoms with Gasteiger partial charge in [0.1, 0.15) is 11.4 Å². The summed E-state index contributed by atoms with van der Waals surface area (Å²) in [5.41, 5.74) is -10.3. The Bertz CT molecular complexity index is 1680. The molecule has 0 unspecified atom stereocenters. The van der Waals surface area contributed by atoms with E-state index in [1.165, 1.54) is 5.32 Å². The van der Waals surface area contributed by atoms with E-state index in [1.54, 1.807) is 0 Å². The molecule has 8 nitrogen and oxygen atoms in total. The van der Waals surface area contributed by atoms with Gasteiger partial charge < -0.3 is 10.1 Å². The normalized spacial score (nSPS) is 14.3. The van der Waals surface area contributed by atoms with Gasteiger partial charge >= 0.3 is 65.4 Å². The molecule has 0 radical (unpaired) electrons. The highest BCUT2D eigenvalue weighted by atomic mass is 19.4. The van der Waals surface area contributed by atoms with E-state index < -0.39 is 112 Å². The Morgan fingerprint density at radius 1 is 0.615 bits per heavy atom. The Hall–Kier alpha value is -4.55. The Labute approximate surface area is 270 Å². The summed E-state index contributed by atoms with van der Waals surface area (Å²) in [6.45, 7) is -0.613. The van der Waals surface area contributed by atoms with E-state index in [2.05, 4.69) is 14.7 Å². The molecule has 294 valence electrons. The highest BCUT2D eigenvalue weighted by Crippen LogP contribution is 2.67. The molecular weight excluding hydrogens is 797 g/mol. The van der Waals surface area contributed by atoms with Crippen molar-refractivity contribution >= 4 is 35.4 Å². The van der Waals surface area contributed by atoms with E-state index in [4.69, 9.17) is 0 Å². The fourth-order valence-electron chi connectivity index (χ4n) is 3.63. The lowest BCUT2D eigenvalue weighted by Crippen LogP contribution is -2.76. The summed E-state index contributed by atoms with van der Waals surface area (Å²) in [7, 11) is 0. The van der Waals surface area contributed by atoms with Gasteiger partial charge in [-0.15, -0.1) is 0 Å². The van der Waals surface area contributed by atoms with Gasteiger partial charge in [0.2, 0.25) is 12.2 Å². The van der Waals surface area contributed by atoms with Gasteiger partial charge in [-0.1, -0.05) is 0 Å². The molecule has 1 amide bonds. The molecule has 1 aromatic carbocycles. The number of esters is 1. The highest BCUT2D eigenvalue weighted by molar-refractivity contribution is 6.04. The number of amides is 1. The summed E-state index contributed by atoms with van der Waals surface area (Å²) in [4.78, 5) is 50.3. The van der Waals surface area contributed by atoms with E-state index in [-0.39, 0.29) is 0 Å². The van der Waals surface area contributed by atoms with Gasteiger partial charge in [-0.3, -0.25) is 9.59 Å². The second kappa shape index (κ2) is 13.5. The predicted molar refractivity (Wildman–Crippen MR) is 120 cm³/mol. The monoisotopic (exact) mass is 807 g/mol. The average Bonchev–Trinajstić information content (AvgIpc) is 2.97. The van der Waals surface area contributed by atoms with Crippen LogP contribution in [-0.4, -0.2) is 84.3 Å². The number of alkyl halides is 21. The number of nitrogens with zero attached hydrogens (tertiary/aromatic N) is 2. The molecular formula is C23H10F21N3O5. The first-order valence-electron chi connectivity index (χ1n) is 12.1. The van der Waals surface area contributed by atoms with E-state index in [0.29, 0.717) is 26.0 Å². The molecule has 52 heavy (non-hydrogen) atoms. The van der Waals surface area contributed by atoms with Crippen LogP contribution in [0.2, 0.25) is 0 Å². The molecule has 0 spiro atoms. The van der Waals surface area contributed by atoms with Gasteiger partial charge in [0.15, 0.2) is 6.73 Å². The van der Waals surface area contributed by atoms with Crippen LogP contribution in [0.25, 0.3) is 0 Å². The van der Waals surface area contributed by atoms with Crippen molar-refractivity contribution in [2.24, 2.45) is 9.98 Å². The zero-order chi connectivity index (χ0) is 41.7. The van der Waals surface area contributed by atoms with Crippen molar-refractivity contribution in [3.63, 3.8) is 0 Å². The maximum Gasteiger partial charge on any atom is 0.460 e. The topological polar surface area (TPSA) is 114 Å².